The molecule has 2 aliphatic heterocycles. The Morgan fingerprint density at radius 3 is 2.59 bits per heavy atom. The number of imidazole rings is 1. The molecule has 138 valence electrons. The van der Waals surface area contributed by atoms with Crippen LogP contribution in [0.15, 0.2) is 55.1 Å². The Hall–Kier alpha value is -2.93. The molecule has 1 N–H and O–H groups in total. The van der Waals surface area contributed by atoms with Crippen LogP contribution in [0.3, 0.4) is 0 Å². The monoisotopic (exact) mass is 362 g/mol. The highest BCUT2D eigenvalue weighted by molar-refractivity contribution is 5.41. The van der Waals surface area contributed by atoms with Crippen molar-refractivity contribution in [3.05, 3.63) is 60.7 Å². The number of aromatic nitrogens is 4. The van der Waals surface area contributed by atoms with Crippen LogP contribution in [-0.2, 0) is 6.54 Å². The lowest BCUT2D eigenvalue weighted by atomic mass is 9.91. The third kappa shape index (κ3) is 3.14. The maximum absolute atomic E-state index is 6.50. The Morgan fingerprint density at radius 1 is 1.00 bits per heavy atom. The molecular formula is C20H22N6O. The molecule has 0 atom stereocenters. The van der Waals surface area contributed by atoms with Crippen molar-refractivity contribution >= 4 is 5.82 Å². The average molecular weight is 362 g/mol. The second-order valence-electron chi connectivity index (χ2n) is 7.20. The normalized spacial score (nSPS) is 18.6. The van der Waals surface area contributed by atoms with Crippen molar-refractivity contribution in [3.8, 4) is 11.6 Å². The molecule has 1 aromatic carbocycles. The second-order valence-corrected chi connectivity index (χ2v) is 7.20. The fourth-order valence-electron chi connectivity index (χ4n) is 3.89. The van der Waals surface area contributed by atoms with Crippen LogP contribution in [0.1, 0.15) is 18.4 Å². The molecule has 0 aliphatic carbocycles. The third-order valence-corrected chi connectivity index (χ3v) is 5.47. The molecule has 7 heteroatoms. The first kappa shape index (κ1) is 16.3. The van der Waals surface area contributed by atoms with Gasteiger partial charge in [-0.15, -0.1) is 10.2 Å². The summed E-state index contributed by atoms with van der Waals surface area (Å²) in [6.45, 7) is 3.55. The summed E-state index contributed by atoms with van der Waals surface area (Å²) in [6, 6.07) is 12.3. The zero-order valence-corrected chi connectivity index (χ0v) is 15.1. The number of hydrogen-bond donors (Lipinski definition) is 1. The topological polar surface area (TPSA) is 68.1 Å². The number of para-hydroxylation sites is 1. The van der Waals surface area contributed by atoms with Gasteiger partial charge in [-0.3, -0.25) is 4.57 Å². The largest absolute Gasteiger partial charge is 0.485 e. The zero-order valence-electron chi connectivity index (χ0n) is 15.1. The summed E-state index contributed by atoms with van der Waals surface area (Å²) < 4.78 is 8.35. The minimum absolute atomic E-state index is 0.146. The van der Waals surface area contributed by atoms with E-state index >= 15 is 0 Å². The van der Waals surface area contributed by atoms with Crippen molar-refractivity contribution in [2.24, 2.45) is 0 Å². The lowest BCUT2D eigenvalue weighted by Crippen LogP contribution is -2.52. The molecule has 0 unspecified atom stereocenters. The van der Waals surface area contributed by atoms with Crippen molar-refractivity contribution in [3.63, 3.8) is 0 Å². The number of nitrogens with zero attached hydrogens (tertiary/aromatic N) is 5. The Bertz CT molecular complexity index is 900. The summed E-state index contributed by atoms with van der Waals surface area (Å²) in [7, 11) is 0. The van der Waals surface area contributed by atoms with Crippen molar-refractivity contribution < 1.29 is 4.74 Å². The third-order valence-electron chi connectivity index (χ3n) is 5.47. The molecule has 0 bridgehead atoms. The van der Waals surface area contributed by atoms with E-state index in [0.717, 1.165) is 56.4 Å². The van der Waals surface area contributed by atoms with Crippen LogP contribution in [-0.4, -0.2) is 45.0 Å². The molecule has 3 aromatic rings. The first-order valence-electron chi connectivity index (χ1n) is 9.36. The van der Waals surface area contributed by atoms with Crippen LogP contribution >= 0.6 is 0 Å². The van der Waals surface area contributed by atoms with Gasteiger partial charge < -0.3 is 15.0 Å². The van der Waals surface area contributed by atoms with Gasteiger partial charge in [0.05, 0.1) is 0 Å². The highest BCUT2D eigenvalue weighted by Gasteiger charge is 2.38. The van der Waals surface area contributed by atoms with Gasteiger partial charge >= 0.3 is 0 Å². The van der Waals surface area contributed by atoms with Gasteiger partial charge in [0.2, 0.25) is 0 Å². The number of ether oxygens (including phenoxy) is 1. The number of rotatable bonds is 2. The highest BCUT2D eigenvalue weighted by atomic mass is 16.5. The summed E-state index contributed by atoms with van der Waals surface area (Å²) in [5, 5.41) is 12.3. The van der Waals surface area contributed by atoms with Crippen molar-refractivity contribution in [1.29, 1.82) is 0 Å². The quantitative estimate of drug-likeness (QED) is 0.754. The van der Waals surface area contributed by atoms with Gasteiger partial charge in [0, 0.05) is 57.0 Å². The molecule has 2 aromatic heterocycles. The van der Waals surface area contributed by atoms with E-state index in [2.05, 4.69) is 43.6 Å². The van der Waals surface area contributed by atoms with Gasteiger partial charge in [0.25, 0.3) is 0 Å². The van der Waals surface area contributed by atoms with E-state index < -0.39 is 0 Å². The van der Waals surface area contributed by atoms with E-state index in [-0.39, 0.29) is 5.60 Å². The Labute approximate surface area is 158 Å². The molecule has 0 amide bonds. The van der Waals surface area contributed by atoms with E-state index in [0.29, 0.717) is 0 Å². The molecule has 1 saturated heterocycles. The number of anilines is 1. The summed E-state index contributed by atoms with van der Waals surface area (Å²) in [4.78, 5) is 6.34. The van der Waals surface area contributed by atoms with Gasteiger partial charge in [-0.2, -0.15) is 0 Å². The SMILES string of the molecule is c1ccc2c(c1)CNCC1(CCN(c3ccc(-n4ccnc4)nn3)CC1)O2. The maximum atomic E-state index is 6.50. The Kier molecular flexibility index (Phi) is 4.01. The molecule has 2 aliphatic rings. The molecule has 0 radical (unpaired) electrons. The highest BCUT2D eigenvalue weighted by Crippen LogP contribution is 2.33. The lowest BCUT2D eigenvalue weighted by molar-refractivity contribution is 0.0481. The van der Waals surface area contributed by atoms with Crippen molar-refractivity contribution in [2.75, 3.05) is 24.5 Å². The Morgan fingerprint density at radius 2 is 1.81 bits per heavy atom. The van der Waals surface area contributed by atoms with Crippen LogP contribution in [0, 0.1) is 0 Å². The smallest absolute Gasteiger partial charge is 0.160 e. The van der Waals surface area contributed by atoms with Crippen LogP contribution < -0.4 is 15.0 Å². The van der Waals surface area contributed by atoms with Crippen LogP contribution in [0.2, 0.25) is 0 Å². The van der Waals surface area contributed by atoms with Gasteiger partial charge in [-0.1, -0.05) is 18.2 Å². The number of nitrogens with one attached hydrogen (secondary N) is 1. The molecule has 1 spiro atoms. The number of hydrogen-bond acceptors (Lipinski definition) is 6. The standard InChI is InChI=1S/C20H22N6O/c1-2-4-17-16(3-1)13-22-14-20(27-17)7-10-25(11-8-20)18-5-6-19(24-23-18)26-12-9-21-15-26/h1-6,9,12,15,22H,7-8,10-11,13-14H2. The lowest BCUT2D eigenvalue weighted by Gasteiger charge is -2.41. The Balaban J connectivity index is 1.29. The fraction of sp³-hybridized carbons (Fsp3) is 0.350. The zero-order chi connectivity index (χ0) is 18.1. The number of fused-ring (bicyclic) bond motifs is 1. The number of piperidine rings is 1. The molecule has 7 nitrogen and oxygen atoms in total. The molecule has 1 fully saturated rings. The molecule has 4 heterocycles. The minimum atomic E-state index is -0.146. The molecule has 0 saturated carbocycles. The van der Waals surface area contributed by atoms with E-state index in [1.807, 2.05) is 29.0 Å². The van der Waals surface area contributed by atoms with E-state index in [1.165, 1.54) is 5.56 Å². The fourth-order valence-corrected chi connectivity index (χ4v) is 3.89. The van der Waals surface area contributed by atoms with Crippen LogP contribution in [0.25, 0.3) is 5.82 Å². The first-order valence-corrected chi connectivity index (χ1v) is 9.36. The number of benzene rings is 1. The minimum Gasteiger partial charge on any atom is -0.485 e. The van der Waals surface area contributed by atoms with Crippen LogP contribution in [0.5, 0.6) is 5.75 Å². The van der Waals surface area contributed by atoms with Crippen molar-refractivity contribution in [1.82, 2.24) is 25.1 Å². The van der Waals surface area contributed by atoms with Crippen LogP contribution in [0.4, 0.5) is 5.82 Å². The van der Waals surface area contributed by atoms with Gasteiger partial charge in [-0.25, -0.2) is 4.98 Å². The van der Waals surface area contributed by atoms with E-state index in [4.69, 9.17) is 4.74 Å². The average Bonchev–Trinajstić information content (AvgIpc) is 3.19. The summed E-state index contributed by atoms with van der Waals surface area (Å²) in [5.74, 6) is 2.70. The molecule has 5 rings (SSSR count). The summed E-state index contributed by atoms with van der Waals surface area (Å²) in [5.41, 5.74) is 1.09. The predicted octanol–water partition coefficient (Wildman–Crippen LogP) is 2.18. The molecule has 27 heavy (non-hydrogen) atoms. The van der Waals surface area contributed by atoms with Gasteiger partial charge in [0.1, 0.15) is 17.7 Å². The van der Waals surface area contributed by atoms with Crippen molar-refractivity contribution in [2.45, 2.75) is 25.0 Å². The first-order chi connectivity index (χ1) is 13.3. The maximum Gasteiger partial charge on any atom is 0.160 e. The summed E-state index contributed by atoms with van der Waals surface area (Å²) >= 11 is 0. The molecular weight excluding hydrogens is 340 g/mol. The second kappa shape index (κ2) is 6.66. The van der Waals surface area contributed by atoms with E-state index in [1.54, 1.807) is 12.5 Å². The summed E-state index contributed by atoms with van der Waals surface area (Å²) in [6.07, 6.45) is 7.24. The predicted molar refractivity (Wildman–Crippen MR) is 102 cm³/mol. The van der Waals surface area contributed by atoms with Gasteiger partial charge in [-0.05, 0) is 18.2 Å². The van der Waals surface area contributed by atoms with E-state index in [9.17, 15) is 0 Å². The van der Waals surface area contributed by atoms with Gasteiger partial charge in [0.15, 0.2) is 11.6 Å².